The zero-order valence-electron chi connectivity index (χ0n) is 12.6. The summed E-state index contributed by atoms with van der Waals surface area (Å²) in [6.45, 7) is 3.33. The summed E-state index contributed by atoms with van der Waals surface area (Å²) >= 11 is 1.25. The zero-order valence-corrected chi connectivity index (χ0v) is 13.4. The summed E-state index contributed by atoms with van der Waals surface area (Å²) < 4.78 is 0. The first-order valence-corrected chi connectivity index (χ1v) is 7.98. The lowest BCUT2D eigenvalue weighted by Gasteiger charge is -2.17. The molecule has 2 rings (SSSR count). The molecule has 0 unspecified atom stereocenters. The molecule has 1 aromatic heterocycles. The monoisotopic (exact) mass is 317 g/mol. The predicted octanol–water partition coefficient (Wildman–Crippen LogP) is 3.19. The lowest BCUT2D eigenvalue weighted by atomic mass is 10.0. The Morgan fingerprint density at radius 2 is 1.95 bits per heavy atom. The van der Waals surface area contributed by atoms with Gasteiger partial charge in [-0.05, 0) is 31.9 Å². The molecule has 0 saturated heterocycles. The second-order valence-electron chi connectivity index (χ2n) is 5.29. The third-order valence-electron chi connectivity index (χ3n) is 3.37. The van der Waals surface area contributed by atoms with E-state index in [1.54, 1.807) is 11.4 Å². The van der Waals surface area contributed by atoms with Crippen molar-refractivity contribution in [3.63, 3.8) is 0 Å². The Hall–Kier alpha value is -1.98. The van der Waals surface area contributed by atoms with E-state index in [4.69, 9.17) is 0 Å². The van der Waals surface area contributed by atoms with Gasteiger partial charge in [-0.25, -0.2) is 0 Å². The average molecular weight is 317 g/mol. The number of aliphatic hydroxyl groups excluding tert-OH is 1. The van der Waals surface area contributed by atoms with Crippen LogP contribution in [0.25, 0.3) is 0 Å². The van der Waals surface area contributed by atoms with Crippen LogP contribution >= 0.6 is 11.3 Å². The molecule has 0 radical (unpaired) electrons. The van der Waals surface area contributed by atoms with Gasteiger partial charge in [0.05, 0.1) is 11.0 Å². The van der Waals surface area contributed by atoms with Gasteiger partial charge in [0, 0.05) is 17.0 Å². The quantitative estimate of drug-likeness (QED) is 0.804. The Bertz CT molecular complexity index is 651. The third kappa shape index (κ3) is 4.26. The summed E-state index contributed by atoms with van der Waals surface area (Å²) in [6, 6.07) is 10.8. The highest BCUT2D eigenvalue weighted by Gasteiger charge is 2.17. The molecule has 5 heteroatoms. The van der Waals surface area contributed by atoms with Crippen LogP contribution in [0.5, 0.6) is 0 Å². The van der Waals surface area contributed by atoms with Gasteiger partial charge < -0.3 is 10.4 Å². The fraction of sp³-hybridized carbons (Fsp3) is 0.294. The van der Waals surface area contributed by atoms with Gasteiger partial charge >= 0.3 is 0 Å². The molecule has 116 valence electrons. The summed E-state index contributed by atoms with van der Waals surface area (Å²) in [5.74, 6) is -0.270. The molecule has 22 heavy (non-hydrogen) atoms. The number of hydrogen-bond donors (Lipinski definition) is 2. The Morgan fingerprint density at radius 3 is 2.55 bits per heavy atom. The normalized spacial score (nSPS) is 13.4. The first kappa shape index (κ1) is 16.4. The summed E-state index contributed by atoms with van der Waals surface area (Å²) in [5.41, 5.74) is 1.38. The summed E-state index contributed by atoms with van der Waals surface area (Å²) in [7, 11) is 0. The van der Waals surface area contributed by atoms with Crippen LogP contribution < -0.4 is 5.32 Å². The lowest BCUT2D eigenvalue weighted by molar-refractivity contribution is 0.0921. The van der Waals surface area contributed by atoms with Crippen LogP contribution in [0.2, 0.25) is 0 Å². The molecule has 0 spiro atoms. The van der Waals surface area contributed by atoms with Crippen molar-refractivity contribution in [3.8, 4) is 0 Å². The van der Waals surface area contributed by atoms with Gasteiger partial charge in [0.2, 0.25) is 0 Å². The molecule has 0 saturated carbocycles. The second-order valence-corrected chi connectivity index (χ2v) is 6.20. The van der Waals surface area contributed by atoms with Crippen molar-refractivity contribution in [3.05, 3.63) is 57.8 Å². The molecule has 0 aliphatic heterocycles. The Kier molecular flexibility index (Phi) is 5.46. The maximum atomic E-state index is 12.1. The number of aliphatic hydroxyl groups is 1. The first-order chi connectivity index (χ1) is 10.5. The highest BCUT2D eigenvalue weighted by atomic mass is 32.1. The van der Waals surface area contributed by atoms with Crippen LogP contribution in [0.4, 0.5) is 0 Å². The highest BCUT2D eigenvalue weighted by molar-refractivity contribution is 7.12. The van der Waals surface area contributed by atoms with Crippen molar-refractivity contribution in [1.29, 1.82) is 0 Å². The number of rotatable bonds is 6. The number of carbonyl (C=O) groups is 2. The second kappa shape index (κ2) is 7.33. The van der Waals surface area contributed by atoms with Crippen LogP contribution in [-0.2, 0) is 0 Å². The Labute approximate surface area is 133 Å². The largest absolute Gasteiger partial charge is 0.388 e. The van der Waals surface area contributed by atoms with Crippen molar-refractivity contribution in [1.82, 2.24) is 5.32 Å². The predicted molar refractivity (Wildman–Crippen MR) is 87.3 cm³/mol. The van der Waals surface area contributed by atoms with Crippen molar-refractivity contribution >= 4 is 23.0 Å². The van der Waals surface area contributed by atoms with Crippen molar-refractivity contribution in [2.75, 3.05) is 0 Å². The Balaban J connectivity index is 1.92. The van der Waals surface area contributed by atoms with Gasteiger partial charge in [0.1, 0.15) is 0 Å². The minimum Gasteiger partial charge on any atom is -0.388 e. The number of Topliss-reactive ketones (excluding diaryl/α,β-unsaturated/α-hetero) is 1. The minimum atomic E-state index is -0.618. The molecule has 1 heterocycles. The van der Waals surface area contributed by atoms with Gasteiger partial charge in [-0.2, -0.15) is 0 Å². The molecule has 0 bridgehead atoms. The number of hydrogen-bond acceptors (Lipinski definition) is 4. The zero-order chi connectivity index (χ0) is 16.1. The molecule has 0 aliphatic rings. The van der Waals surface area contributed by atoms with Crippen LogP contribution in [0.3, 0.4) is 0 Å². The van der Waals surface area contributed by atoms with Crippen LogP contribution in [0.1, 0.15) is 52.0 Å². The van der Waals surface area contributed by atoms with E-state index in [-0.39, 0.29) is 17.7 Å². The maximum absolute atomic E-state index is 12.1. The molecule has 4 nitrogen and oxygen atoms in total. The molecular weight excluding hydrogens is 298 g/mol. The molecule has 2 aromatic rings. The van der Waals surface area contributed by atoms with E-state index < -0.39 is 6.10 Å². The van der Waals surface area contributed by atoms with Gasteiger partial charge in [0.15, 0.2) is 5.78 Å². The maximum Gasteiger partial charge on any atom is 0.261 e. The van der Waals surface area contributed by atoms with Gasteiger partial charge in [0.25, 0.3) is 5.91 Å². The van der Waals surface area contributed by atoms with Crippen LogP contribution in [0.15, 0.2) is 41.8 Å². The number of benzene rings is 1. The van der Waals surface area contributed by atoms with Crippen molar-refractivity contribution in [2.24, 2.45) is 0 Å². The number of thiophene rings is 1. The molecule has 1 amide bonds. The summed E-state index contributed by atoms with van der Waals surface area (Å²) in [4.78, 5) is 23.9. The number of nitrogens with one attached hydrogen (secondary N) is 1. The lowest BCUT2D eigenvalue weighted by Crippen LogP contribution is -2.33. The van der Waals surface area contributed by atoms with Crippen LogP contribution in [0, 0.1) is 0 Å². The first-order valence-electron chi connectivity index (χ1n) is 7.10. The molecule has 1 aromatic carbocycles. The number of amides is 1. The molecule has 0 fully saturated rings. The van der Waals surface area contributed by atoms with E-state index in [9.17, 15) is 14.7 Å². The SMILES string of the molecule is CC(=O)c1csc(C(=O)N[C@H](C)C[C@H](O)c2ccccc2)c1. The topological polar surface area (TPSA) is 66.4 Å². The van der Waals surface area contributed by atoms with Crippen LogP contribution in [-0.4, -0.2) is 22.8 Å². The van der Waals surface area contributed by atoms with Gasteiger partial charge in [-0.1, -0.05) is 30.3 Å². The average Bonchev–Trinajstić information content (AvgIpc) is 2.98. The van der Waals surface area contributed by atoms with E-state index >= 15 is 0 Å². The van der Waals surface area contributed by atoms with E-state index in [2.05, 4.69) is 5.32 Å². The highest BCUT2D eigenvalue weighted by Crippen LogP contribution is 2.19. The van der Waals surface area contributed by atoms with E-state index in [1.165, 1.54) is 18.3 Å². The molecule has 2 atom stereocenters. The minimum absolute atomic E-state index is 0.0529. The number of ketones is 1. The fourth-order valence-electron chi connectivity index (χ4n) is 2.14. The standard InChI is InChI=1S/C17H19NO3S/c1-11(8-15(20)13-6-4-3-5-7-13)18-17(21)16-9-14(10-22-16)12(2)19/h3-7,9-11,15,20H,8H2,1-2H3,(H,18,21)/t11-,15+/m1/s1. The third-order valence-corrected chi connectivity index (χ3v) is 4.30. The van der Waals surface area contributed by atoms with Crippen molar-refractivity contribution in [2.45, 2.75) is 32.4 Å². The smallest absolute Gasteiger partial charge is 0.261 e. The molecular formula is C17H19NO3S. The van der Waals surface area contributed by atoms with Gasteiger partial charge in [-0.3, -0.25) is 9.59 Å². The summed E-state index contributed by atoms with van der Waals surface area (Å²) in [6.07, 6.45) is -0.187. The fourth-order valence-corrected chi connectivity index (χ4v) is 2.99. The molecule has 0 aliphatic carbocycles. The summed E-state index contributed by atoms with van der Waals surface area (Å²) in [5, 5.41) is 14.7. The Morgan fingerprint density at radius 1 is 1.27 bits per heavy atom. The van der Waals surface area contributed by atoms with Crippen molar-refractivity contribution < 1.29 is 14.7 Å². The molecule has 2 N–H and O–H groups in total. The van der Waals surface area contributed by atoms with E-state index in [0.29, 0.717) is 16.9 Å². The van der Waals surface area contributed by atoms with E-state index in [0.717, 1.165) is 5.56 Å². The number of carbonyl (C=O) groups excluding carboxylic acids is 2. The van der Waals surface area contributed by atoms with Gasteiger partial charge in [-0.15, -0.1) is 11.3 Å². The van der Waals surface area contributed by atoms with E-state index in [1.807, 2.05) is 37.3 Å².